The van der Waals surface area contributed by atoms with Gasteiger partial charge < -0.3 is 50.1 Å². The minimum atomic E-state index is -5.73. The number of ether oxygens (including phenoxy) is 1. The molecule has 0 spiro atoms. The van der Waals surface area contributed by atoms with Gasteiger partial charge in [0.15, 0.2) is 12.0 Å². The maximum atomic E-state index is 12.1. The van der Waals surface area contributed by atoms with Crippen LogP contribution in [0.4, 0.5) is 17.5 Å². The van der Waals surface area contributed by atoms with Crippen molar-refractivity contribution in [2.75, 3.05) is 35.9 Å². The molecule has 1 aromatic heterocycles. The van der Waals surface area contributed by atoms with Crippen LogP contribution in [0.2, 0.25) is 0 Å². The number of nitrogens with one attached hydrogen (secondary N) is 1. The van der Waals surface area contributed by atoms with Gasteiger partial charge in [-0.05, 0) is 0 Å². The Balaban J connectivity index is 1.70. The van der Waals surface area contributed by atoms with Crippen LogP contribution >= 0.6 is 23.5 Å². The Hall–Kier alpha value is -1.43. The predicted molar refractivity (Wildman–Crippen MR) is 106 cm³/mol. The van der Waals surface area contributed by atoms with Gasteiger partial charge in [-0.3, -0.25) is 14.3 Å². The fourth-order valence-corrected chi connectivity index (χ4v) is 6.21. The number of phosphoric acid groups is 3. The van der Waals surface area contributed by atoms with E-state index in [-0.39, 0.29) is 24.1 Å². The van der Waals surface area contributed by atoms with E-state index in [9.17, 15) is 33.6 Å². The Morgan fingerprint density at radius 2 is 1.79 bits per heavy atom. The van der Waals surface area contributed by atoms with Gasteiger partial charge in [0.2, 0.25) is 5.95 Å². The van der Waals surface area contributed by atoms with Gasteiger partial charge in [-0.25, -0.2) is 13.7 Å². The molecule has 0 amide bonds. The smallest absolute Gasteiger partial charge is 0.387 e. The van der Waals surface area contributed by atoms with Gasteiger partial charge in [0, 0.05) is 7.05 Å². The summed E-state index contributed by atoms with van der Waals surface area (Å²) in [5.41, 5.74) is 5.09. The lowest BCUT2D eigenvalue weighted by Crippen LogP contribution is -2.45. The summed E-state index contributed by atoms with van der Waals surface area (Å²) in [5.74, 6) is -0.195. The summed E-state index contributed by atoms with van der Waals surface area (Å²) < 4.78 is 50.9. The van der Waals surface area contributed by atoms with Crippen molar-refractivity contribution < 1.29 is 61.4 Å². The normalized spacial score (nSPS) is 29.1. The first kappa shape index (κ1) is 26.2. The number of hydrogen-bond donors (Lipinski definition) is 8. The van der Waals surface area contributed by atoms with Gasteiger partial charge in [0.25, 0.3) is 5.56 Å². The Morgan fingerprint density at radius 1 is 1.15 bits per heavy atom. The van der Waals surface area contributed by atoms with Gasteiger partial charge in [0.05, 0.1) is 13.3 Å². The van der Waals surface area contributed by atoms with Crippen molar-refractivity contribution in [2.45, 2.75) is 24.5 Å². The molecule has 0 radical (unpaired) electrons. The lowest BCUT2D eigenvalue weighted by Gasteiger charge is -2.27. The Labute approximate surface area is 183 Å². The second-order valence-corrected chi connectivity index (χ2v) is 11.3. The van der Waals surface area contributed by atoms with E-state index in [1.165, 1.54) is 16.8 Å². The molecule has 0 bridgehead atoms. The number of nitrogens with two attached hydrogens (primary N) is 1. The maximum absolute atomic E-state index is 12.1. The van der Waals surface area contributed by atoms with Gasteiger partial charge in [0.1, 0.15) is 24.0 Å². The van der Waals surface area contributed by atoms with E-state index >= 15 is 0 Å². The molecule has 0 aromatic carbocycles. The van der Waals surface area contributed by atoms with E-state index < -0.39 is 60.2 Å². The number of fused-ring (bicyclic) bond motifs is 1. The number of aliphatic hydroxyl groups excluding tert-OH is 2. The second kappa shape index (κ2) is 8.98. The molecule has 22 heteroatoms. The number of aromatic nitrogens is 2. The standard InChI is InChI=1S/C11H20N5O14P3/c1-15-3-16(8-5(15)9(19)14-11(12)13-8)10-7(18)6(17)4(28-10)2-27-32(23,24)30-33(25,26)29-31(20,21)22/h4,6-7,10,17-18H,2-3H2,1H3,(H,23,24)(H,25,26)(H2,20,21,22)(H3,12,13,14,19)/t4-,6-,7+,10+/m0/s1. The Bertz CT molecular complexity index is 1110. The number of anilines is 3. The number of aliphatic hydroxyl groups is 2. The van der Waals surface area contributed by atoms with E-state index in [2.05, 4.69) is 23.1 Å². The molecule has 188 valence electrons. The van der Waals surface area contributed by atoms with Crippen molar-refractivity contribution in [3.63, 3.8) is 0 Å². The molecule has 1 saturated heterocycles. The molecular formula is C11H20N5O14P3. The fourth-order valence-electron chi connectivity index (χ4n) is 3.18. The number of nitrogen functional groups attached to an aromatic ring is 1. The molecule has 3 heterocycles. The van der Waals surface area contributed by atoms with Crippen molar-refractivity contribution >= 4 is 40.9 Å². The fraction of sp³-hybridized carbons (Fsp3) is 0.636. The lowest BCUT2D eigenvalue weighted by atomic mass is 10.1. The topological polar surface area (TPSA) is 288 Å². The van der Waals surface area contributed by atoms with Crippen LogP contribution in [0.15, 0.2) is 4.79 Å². The molecule has 2 unspecified atom stereocenters. The molecule has 33 heavy (non-hydrogen) atoms. The zero-order chi connectivity index (χ0) is 24.9. The van der Waals surface area contributed by atoms with E-state index in [1.54, 1.807) is 0 Å². The highest BCUT2D eigenvalue weighted by molar-refractivity contribution is 7.66. The van der Waals surface area contributed by atoms with Crippen molar-refractivity contribution in [3.05, 3.63) is 10.4 Å². The summed E-state index contributed by atoms with van der Waals surface area (Å²) in [6, 6.07) is 0. The number of hydrogen-bond acceptors (Lipinski definition) is 14. The van der Waals surface area contributed by atoms with Crippen LogP contribution in [0.3, 0.4) is 0 Å². The number of aromatic amines is 1. The summed E-state index contributed by atoms with van der Waals surface area (Å²) in [6.45, 7) is -1.01. The van der Waals surface area contributed by atoms with Gasteiger partial charge >= 0.3 is 23.5 Å². The monoisotopic (exact) mass is 539 g/mol. The zero-order valence-corrected chi connectivity index (χ0v) is 19.1. The molecule has 0 saturated carbocycles. The van der Waals surface area contributed by atoms with Gasteiger partial charge in [-0.15, -0.1) is 0 Å². The average molecular weight is 539 g/mol. The first-order valence-corrected chi connectivity index (χ1v) is 13.2. The van der Waals surface area contributed by atoms with Crippen LogP contribution in [0.5, 0.6) is 0 Å². The van der Waals surface area contributed by atoms with Crippen LogP contribution < -0.4 is 21.1 Å². The van der Waals surface area contributed by atoms with Crippen molar-refractivity contribution in [1.29, 1.82) is 0 Å². The highest BCUT2D eigenvalue weighted by Crippen LogP contribution is 2.66. The molecule has 9 N–H and O–H groups in total. The molecule has 2 aliphatic heterocycles. The average Bonchev–Trinajstić information content (AvgIpc) is 3.07. The number of H-pyrrole nitrogens is 1. The molecule has 1 aromatic rings. The van der Waals surface area contributed by atoms with Crippen LogP contribution in [-0.4, -0.2) is 84.6 Å². The van der Waals surface area contributed by atoms with Crippen molar-refractivity contribution in [1.82, 2.24) is 9.97 Å². The quantitative estimate of drug-likeness (QED) is 0.157. The van der Waals surface area contributed by atoms with E-state index in [1.807, 2.05) is 0 Å². The first-order chi connectivity index (χ1) is 15.0. The maximum Gasteiger partial charge on any atom is 0.490 e. The second-order valence-electron chi connectivity index (χ2n) is 6.87. The minimum absolute atomic E-state index is 0.0219. The number of phosphoric ester groups is 1. The molecule has 1 fully saturated rings. The summed E-state index contributed by atoms with van der Waals surface area (Å²) in [6.07, 6.45) is -6.17. The third kappa shape index (κ3) is 5.98. The van der Waals surface area contributed by atoms with Crippen LogP contribution in [0, 0.1) is 0 Å². The van der Waals surface area contributed by atoms with Gasteiger partial charge in [-0.1, -0.05) is 0 Å². The molecule has 3 rings (SSSR count). The first-order valence-electron chi connectivity index (χ1n) is 8.67. The summed E-state index contributed by atoms with van der Waals surface area (Å²) >= 11 is 0. The Kier molecular flexibility index (Phi) is 7.12. The van der Waals surface area contributed by atoms with E-state index in [0.29, 0.717) is 0 Å². The zero-order valence-electron chi connectivity index (χ0n) is 16.4. The molecule has 19 nitrogen and oxygen atoms in total. The van der Waals surface area contributed by atoms with Crippen LogP contribution in [0.25, 0.3) is 0 Å². The van der Waals surface area contributed by atoms with Crippen LogP contribution in [0.1, 0.15) is 0 Å². The summed E-state index contributed by atoms with van der Waals surface area (Å²) in [4.78, 5) is 56.9. The third-order valence-electron chi connectivity index (χ3n) is 4.38. The molecule has 2 aliphatic rings. The van der Waals surface area contributed by atoms with E-state index in [4.69, 9.17) is 25.2 Å². The molecular weight excluding hydrogens is 519 g/mol. The number of nitrogens with zero attached hydrogens (tertiary/aromatic N) is 3. The SMILES string of the molecule is CN1CN([C@@H]2O[C@@H](COP(=O)(O)OP(=O)(O)OP(=O)(O)O)[C@H](O)[C@H]2O)c2nc(N)[nH]c(=O)c21. The molecule has 6 atom stereocenters. The Morgan fingerprint density at radius 3 is 2.39 bits per heavy atom. The third-order valence-corrected chi connectivity index (χ3v) is 8.18. The summed E-state index contributed by atoms with van der Waals surface area (Å²) in [5, 5.41) is 20.6. The minimum Gasteiger partial charge on any atom is -0.387 e. The van der Waals surface area contributed by atoms with E-state index in [0.717, 1.165) is 0 Å². The highest BCUT2D eigenvalue weighted by Gasteiger charge is 2.50. The van der Waals surface area contributed by atoms with Crippen molar-refractivity contribution in [2.24, 2.45) is 0 Å². The highest BCUT2D eigenvalue weighted by atomic mass is 31.3. The largest absolute Gasteiger partial charge is 0.490 e. The summed E-state index contributed by atoms with van der Waals surface area (Å²) in [7, 11) is -15.2. The predicted octanol–water partition coefficient (Wildman–Crippen LogP) is -2.64. The lowest BCUT2D eigenvalue weighted by molar-refractivity contribution is -0.0217. The molecule has 0 aliphatic carbocycles. The number of rotatable bonds is 8. The van der Waals surface area contributed by atoms with Crippen LogP contribution in [-0.2, 0) is 31.6 Å². The van der Waals surface area contributed by atoms with Gasteiger partial charge in [-0.2, -0.15) is 13.6 Å². The van der Waals surface area contributed by atoms with Crippen molar-refractivity contribution in [3.8, 4) is 0 Å².